The van der Waals surface area contributed by atoms with E-state index in [1.54, 1.807) is 24.5 Å². The van der Waals surface area contributed by atoms with Crippen LogP contribution in [0.15, 0.2) is 48.8 Å². The summed E-state index contributed by atoms with van der Waals surface area (Å²) in [4.78, 5) is 4.08. The molecule has 0 saturated carbocycles. The van der Waals surface area contributed by atoms with Crippen molar-refractivity contribution in [2.45, 2.75) is 37.1 Å². The number of nitrogens with zero attached hydrogens (tertiary/aromatic N) is 1. The van der Waals surface area contributed by atoms with Gasteiger partial charge in [0.2, 0.25) is 6.29 Å². The zero-order chi connectivity index (χ0) is 17.8. The number of benzene rings is 1. The molecule has 25 heavy (non-hydrogen) atoms. The first kappa shape index (κ1) is 17.8. The van der Waals surface area contributed by atoms with Gasteiger partial charge in [0.15, 0.2) is 0 Å². The minimum atomic E-state index is -1.47. The molecule has 1 saturated heterocycles. The summed E-state index contributed by atoms with van der Waals surface area (Å²) in [6.07, 6.45) is -2.51. The lowest BCUT2D eigenvalue weighted by atomic mass is 9.99. The fourth-order valence-electron chi connectivity index (χ4n) is 2.78. The van der Waals surface area contributed by atoms with Crippen molar-refractivity contribution in [2.75, 3.05) is 6.61 Å². The van der Waals surface area contributed by atoms with Gasteiger partial charge in [0.05, 0.1) is 6.61 Å². The molecule has 7 nitrogen and oxygen atoms in total. The van der Waals surface area contributed by atoms with Crippen LogP contribution < -0.4 is 4.74 Å². The average Bonchev–Trinajstić information content (AvgIpc) is 2.64. The maximum atomic E-state index is 10.1. The molecule has 7 heteroatoms. The number of hydrogen-bond donors (Lipinski definition) is 4. The average molecular weight is 347 g/mol. The molecule has 1 aromatic heterocycles. The molecular formula is C18H21NO6. The molecule has 134 valence electrons. The minimum absolute atomic E-state index is 0.482. The molecule has 2 heterocycles. The number of rotatable bonds is 5. The van der Waals surface area contributed by atoms with E-state index >= 15 is 0 Å². The van der Waals surface area contributed by atoms with E-state index in [4.69, 9.17) is 9.47 Å². The predicted octanol–water partition coefficient (Wildman–Crippen LogP) is -0.149. The van der Waals surface area contributed by atoms with E-state index in [1.165, 1.54) is 0 Å². The Morgan fingerprint density at radius 2 is 1.80 bits per heavy atom. The SMILES string of the molecule is OC[C@H]1O[C@@H](Oc2ccccc2Cc2cccnc2)[C@H](O)[C@@H](O)[C@@H]1O. The Kier molecular flexibility index (Phi) is 5.62. The molecule has 1 aromatic carbocycles. The van der Waals surface area contributed by atoms with E-state index in [0.29, 0.717) is 12.2 Å². The molecule has 4 N–H and O–H groups in total. The number of aliphatic hydroxyl groups is 4. The van der Waals surface area contributed by atoms with Crippen LogP contribution in [0.3, 0.4) is 0 Å². The van der Waals surface area contributed by atoms with Gasteiger partial charge >= 0.3 is 0 Å². The summed E-state index contributed by atoms with van der Waals surface area (Å²) in [5.41, 5.74) is 1.85. The van der Waals surface area contributed by atoms with Gasteiger partial charge in [-0.1, -0.05) is 24.3 Å². The molecule has 1 aliphatic heterocycles. The molecule has 1 fully saturated rings. The normalized spacial score (nSPS) is 29.4. The Hall–Kier alpha value is -2.03. The molecule has 0 bridgehead atoms. The van der Waals surface area contributed by atoms with E-state index in [2.05, 4.69) is 4.98 Å². The van der Waals surface area contributed by atoms with E-state index in [9.17, 15) is 20.4 Å². The second-order valence-corrected chi connectivity index (χ2v) is 5.96. The molecule has 0 spiro atoms. The van der Waals surface area contributed by atoms with Crippen LogP contribution in [0, 0.1) is 0 Å². The Balaban J connectivity index is 1.78. The van der Waals surface area contributed by atoms with Gasteiger partial charge in [-0.25, -0.2) is 0 Å². The Labute approximate surface area is 145 Å². The number of ether oxygens (including phenoxy) is 2. The van der Waals surface area contributed by atoms with Crippen LogP contribution in [0.1, 0.15) is 11.1 Å². The first-order valence-corrected chi connectivity index (χ1v) is 8.04. The van der Waals surface area contributed by atoms with Gasteiger partial charge in [0.25, 0.3) is 0 Å². The number of hydrogen-bond acceptors (Lipinski definition) is 7. The lowest BCUT2D eigenvalue weighted by Gasteiger charge is -2.39. The molecule has 0 unspecified atom stereocenters. The Bertz CT molecular complexity index is 680. The highest BCUT2D eigenvalue weighted by molar-refractivity contribution is 5.37. The number of para-hydroxylation sites is 1. The van der Waals surface area contributed by atoms with Crippen molar-refractivity contribution in [3.05, 3.63) is 59.9 Å². The highest BCUT2D eigenvalue weighted by Gasteiger charge is 2.44. The van der Waals surface area contributed by atoms with Crippen LogP contribution in [0.4, 0.5) is 0 Å². The second-order valence-electron chi connectivity index (χ2n) is 5.96. The van der Waals surface area contributed by atoms with E-state index in [1.807, 2.05) is 24.3 Å². The van der Waals surface area contributed by atoms with Crippen molar-refractivity contribution in [3.63, 3.8) is 0 Å². The molecule has 0 amide bonds. The molecule has 5 atom stereocenters. The molecule has 1 aliphatic rings. The third-order valence-corrected chi connectivity index (χ3v) is 4.18. The summed E-state index contributed by atoms with van der Waals surface area (Å²) in [5, 5.41) is 39.1. The summed E-state index contributed by atoms with van der Waals surface area (Å²) in [6, 6.07) is 11.0. The smallest absolute Gasteiger partial charge is 0.229 e. The van der Waals surface area contributed by atoms with Crippen molar-refractivity contribution in [2.24, 2.45) is 0 Å². The standard InChI is InChI=1S/C18H21NO6/c20-10-14-15(21)16(22)17(23)18(25-14)24-13-6-2-1-5-12(13)8-11-4-3-7-19-9-11/h1-7,9,14-18,20-23H,8,10H2/t14-,15-,16+,17-,18-/m1/s1. The Morgan fingerprint density at radius 3 is 2.52 bits per heavy atom. The van der Waals surface area contributed by atoms with Crippen LogP contribution in [0.25, 0.3) is 0 Å². The topological polar surface area (TPSA) is 112 Å². The Morgan fingerprint density at radius 1 is 1.00 bits per heavy atom. The van der Waals surface area contributed by atoms with Crippen LogP contribution in [-0.2, 0) is 11.2 Å². The zero-order valence-corrected chi connectivity index (χ0v) is 13.5. The number of aliphatic hydroxyl groups excluding tert-OH is 4. The molecule has 0 aliphatic carbocycles. The van der Waals surface area contributed by atoms with Crippen LogP contribution in [0.2, 0.25) is 0 Å². The summed E-state index contributed by atoms with van der Waals surface area (Å²) in [5.74, 6) is 0.482. The third kappa shape index (κ3) is 3.97. The predicted molar refractivity (Wildman–Crippen MR) is 87.9 cm³/mol. The summed E-state index contributed by atoms with van der Waals surface area (Å²) in [7, 11) is 0. The highest BCUT2D eigenvalue weighted by atomic mass is 16.7. The van der Waals surface area contributed by atoms with Gasteiger partial charge < -0.3 is 29.9 Å². The summed E-state index contributed by atoms with van der Waals surface area (Å²) >= 11 is 0. The quantitative estimate of drug-likeness (QED) is 0.595. The maximum Gasteiger partial charge on any atom is 0.229 e. The van der Waals surface area contributed by atoms with Crippen LogP contribution in [0.5, 0.6) is 5.75 Å². The maximum absolute atomic E-state index is 10.1. The van der Waals surface area contributed by atoms with Gasteiger partial charge in [0, 0.05) is 18.8 Å². The van der Waals surface area contributed by atoms with Crippen molar-refractivity contribution >= 4 is 0 Å². The van der Waals surface area contributed by atoms with Crippen LogP contribution >= 0.6 is 0 Å². The van der Waals surface area contributed by atoms with Crippen molar-refractivity contribution in [3.8, 4) is 5.75 Å². The summed E-state index contributed by atoms with van der Waals surface area (Å²) < 4.78 is 11.1. The molecule has 2 aromatic rings. The fourth-order valence-corrected chi connectivity index (χ4v) is 2.78. The van der Waals surface area contributed by atoms with Crippen LogP contribution in [-0.4, -0.2) is 62.7 Å². The van der Waals surface area contributed by atoms with E-state index in [-0.39, 0.29) is 0 Å². The largest absolute Gasteiger partial charge is 0.462 e. The van der Waals surface area contributed by atoms with E-state index < -0.39 is 37.3 Å². The fraction of sp³-hybridized carbons (Fsp3) is 0.389. The molecule has 0 radical (unpaired) electrons. The van der Waals surface area contributed by atoms with Gasteiger partial charge in [-0.15, -0.1) is 0 Å². The van der Waals surface area contributed by atoms with E-state index in [0.717, 1.165) is 11.1 Å². The summed E-state index contributed by atoms with van der Waals surface area (Å²) in [6.45, 7) is -0.498. The van der Waals surface area contributed by atoms with Gasteiger partial charge in [-0.2, -0.15) is 0 Å². The van der Waals surface area contributed by atoms with Crippen molar-refractivity contribution < 1.29 is 29.9 Å². The van der Waals surface area contributed by atoms with Gasteiger partial charge in [-0.05, 0) is 23.3 Å². The number of aromatic nitrogens is 1. The van der Waals surface area contributed by atoms with Crippen molar-refractivity contribution in [1.29, 1.82) is 0 Å². The number of pyridine rings is 1. The molecular weight excluding hydrogens is 326 g/mol. The van der Waals surface area contributed by atoms with Gasteiger partial charge in [0.1, 0.15) is 30.2 Å². The zero-order valence-electron chi connectivity index (χ0n) is 13.5. The molecule has 3 rings (SSSR count). The van der Waals surface area contributed by atoms with Gasteiger partial charge in [-0.3, -0.25) is 4.98 Å². The third-order valence-electron chi connectivity index (χ3n) is 4.18. The first-order valence-electron chi connectivity index (χ1n) is 8.04. The van der Waals surface area contributed by atoms with Crippen molar-refractivity contribution in [1.82, 2.24) is 4.98 Å². The lowest BCUT2D eigenvalue weighted by Crippen LogP contribution is -2.60. The second kappa shape index (κ2) is 7.90. The minimum Gasteiger partial charge on any atom is -0.462 e. The lowest BCUT2D eigenvalue weighted by molar-refractivity contribution is -0.277. The monoisotopic (exact) mass is 347 g/mol. The highest BCUT2D eigenvalue weighted by Crippen LogP contribution is 2.27. The first-order chi connectivity index (χ1) is 12.1.